The molecule has 0 aliphatic carbocycles. The number of nitrogens with one attached hydrogen (secondary N) is 1. The van der Waals surface area contributed by atoms with Crippen LogP contribution in [0, 0.1) is 0 Å². The first-order chi connectivity index (χ1) is 38.7. The van der Waals surface area contributed by atoms with Crippen molar-refractivity contribution in [2.24, 2.45) is 0 Å². The summed E-state index contributed by atoms with van der Waals surface area (Å²) in [7, 11) is -7.61. The number of sulfone groups is 2. The second-order valence-electron chi connectivity index (χ2n) is 20.7. The molecule has 0 saturated carbocycles. The van der Waals surface area contributed by atoms with Crippen molar-refractivity contribution in [2.45, 2.75) is 101 Å². The first-order valence-corrected chi connectivity index (χ1v) is 29.5. The monoisotopic (exact) mass is 1260 g/mol. The molecule has 0 unspecified atom stereocenters. The van der Waals surface area contributed by atoms with Gasteiger partial charge in [-0.3, -0.25) is 0 Å². The van der Waals surface area contributed by atoms with Gasteiger partial charge in [0.1, 0.15) is 36.1 Å². The van der Waals surface area contributed by atoms with E-state index in [4.69, 9.17) is 33.7 Å². The van der Waals surface area contributed by atoms with Crippen molar-refractivity contribution < 1.29 is 81.7 Å². The highest BCUT2D eigenvalue weighted by Crippen LogP contribution is 2.38. The Balaban J connectivity index is 0.000000197. The van der Waals surface area contributed by atoms with Crippen LogP contribution < -0.4 is 14.9 Å². The molecule has 3 N–H and O–H groups in total. The first-order valence-electron chi connectivity index (χ1n) is 25.4. The van der Waals surface area contributed by atoms with Gasteiger partial charge in [0.2, 0.25) is 0 Å². The molecule has 3 heterocycles. The number of aliphatic hydroxyl groups excluding tert-OH is 2. The Morgan fingerprint density at radius 3 is 1.71 bits per heavy atom. The number of imidazole rings is 2. The van der Waals surface area contributed by atoms with Gasteiger partial charge in [0.25, 0.3) is 0 Å². The lowest BCUT2D eigenvalue weighted by atomic mass is 9.79. The van der Waals surface area contributed by atoms with E-state index >= 15 is 0 Å². The van der Waals surface area contributed by atoms with E-state index in [0.29, 0.717) is 43.5 Å². The summed E-state index contributed by atoms with van der Waals surface area (Å²) in [5.74, 6) is 0.552. The first kappa shape index (κ1) is 63.8. The molecule has 26 heteroatoms. The summed E-state index contributed by atoms with van der Waals surface area (Å²) in [5.41, 5.74) is 0.786. The Bertz CT molecular complexity index is 3800. The van der Waals surface area contributed by atoms with E-state index < -0.39 is 79.8 Å². The second kappa shape index (κ2) is 25.2. The summed E-state index contributed by atoms with van der Waals surface area (Å²) < 4.78 is 156. The van der Waals surface area contributed by atoms with Crippen LogP contribution in [0.2, 0.25) is 0 Å². The van der Waals surface area contributed by atoms with Crippen LogP contribution in [-0.2, 0) is 59.3 Å². The van der Waals surface area contributed by atoms with Crippen LogP contribution in [0.1, 0.15) is 71.2 Å². The number of carbonyl (C=O) groups is 1. The number of aromatic nitrogens is 4. The largest absolute Gasteiger partial charge is 0.494 e. The highest BCUT2D eigenvalue weighted by Gasteiger charge is 2.52. The third-order valence-electron chi connectivity index (χ3n) is 12.9. The number of H-pyrrole nitrogens is 1. The Morgan fingerprint density at radius 2 is 1.18 bits per heavy atom. The molecule has 0 atom stereocenters. The van der Waals surface area contributed by atoms with Crippen LogP contribution in [-0.4, -0.2) is 101 Å². The number of fused-ring (bicyclic) bond motifs is 2. The number of halogens is 7. The quantitative estimate of drug-likeness (QED) is 0.0682. The maximum atomic E-state index is 13.1. The van der Waals surface area contributed by atoms with Gasteiger partial charge in [-0.25, -0.2) is 36.2 Å². The molecule has 1 saturated heterocycles. The smallest absolute Gasteiger partial charge is 0.486 e. The predicted molar refractivity (Wildman–Crippen MR) is 303 cm³/mol. The Morgan fingerprint density at radius 1 is 0.663 bits per heavy atom. The van der Waals surface area contributed by atoms with Crippen LogP contribution in [0.25, 0.3) is 33.2 Å². The number of nitrogens with zero attached hydrogens (tertiary/aromatic N) is 3. The van der Waals surface area contributed by atoms with Gasteiger partial charge in [-0.05, 0) is 166 Å². The Hall–Kier alpha value is -6.81. The molecular weight excluding hydrogens is 1200 g/mol. The van der Waals surface area contributed by atoms with Gasteiger partial charge in [-0.1, -0.05) is 42.5 Å². The third kappa shape index (κ3) is 15.9. The third-order valence-corrected chi connectivity index (χ3v) is 17.4. The molecule has 8 aromatic rings. The number of hydrogen-bond acceptors (Lipinski definition) is 14. The van der Waals surface area contributed by atoms with E-state index in [2.05, 4.69) is 30.9 Å². The number of aromatic amines is 1. The van der Waals surface area contributed by atoms with Crippen molar-refractivity contribution in [3.05, 3.63) is 161 Å². The average Bonchev–Trinajstić information content (AvgIpc) is 4.20. The van der Waals surface area contributed by atoms with E-state index in [9.17, 15) is 48.0 Å². The number of hydrogen-bond donors (Lipinski definition) is 3. The van der Waals surface area contributed by atoms with Gasteiger partial charge in [0.05, 0.1) is 78.9 Å². The highest BCUT2D eigenvalue weighted by molar-refractivity contribution is 9.10. The lowest BCUT2D eigenvalue weighted by molar-refractivity contribution is -0.138. The average molecular weight is 1260 g/mol. The van der Waals surface area contributed by atoms with Gasteiger partial charge < -0.3 is 38.7 Å². The van der Waals surface area contributed by atoms with E-state index in [1.54, 1.807) is 93.6 Å². The number of carbonyl (C=O) groups excluding carboxylic acids is 1. The normalized spacial score (nSPS) is 14.4. The zero-order valence-electron chi connectivity index (χ0n) is 45.8. The topological polar surface area (TPSA) is 218 Å². The molecule has 2 aromatic heterocycles. The maximum Gasteiger partial charge on any atom is 0.494 e. The molecule has 442 valence electrons. The molecule has 1 aliphatic rings. The predicted octanol–water partition coefficient (Wildman–Crippen LogP) is 11.5. The van der Waals surface area contributed by atoms with Gasteiger partial charge in [0.15, 0.2) is 25.5 Å². The lowest BCUT2D eigenvalue weighted by Crippen LogP contribution is -2.41. The molecule has 16 nitrogen and oxygen atoms in total. The van der Waals surface area contributed by atoms with Crippen LogP contribution >= 0.6 is 15.9 Å². The van der Waals surface area contributed by atoms with E-state index in [1.807, 2.05) is 27.7 Å². The van der Waals surface area contributed by atoms with E-state index in [0.717, 1.165) is 29.7 Å². The summed E-state index contributed by atoms with van der Waals surface area (Å²) in [6, 6.07) is 32.3. The highest BCUT2D eigenvalue weighted by atomic mass is 79.9. The fraction of sp³-hybridized carbons (Fsp3) is 0.316. The van der Waals surface area contributed by atoms with Crippen molar-refractivity contribution in [2.75, 3.05) is 24.7 Å². The minimum absolute atomic E-state index is 0.0108. The summed E-state index contributed by atoms with van der Waals surface area (Å²) in [6.45, 7) is 12.1. The summed E-state index contributed by atoms with van der Waals surface area (Å²) in [4.78, 5) is 25.5. The van der Waals surface area contributed by atoms with Crippen LogP contribution in [0.15, 0.2) is 148 Å². The second-order valence-corrected chi connectivity index (χ2v) is 25.7. The lowest BCUT2D eigenvalue weighted by Gasteiger charge is -2.32. The van der Waals surface area contributed by atoms with Crippen molar-refractivity contribution in [1.29, 1.82) is 0 Å². The zero-order chi connectivity index (χ0) is 60.9. The van der Waals surface area contributed by atoms with Crippen molar-refractivity contribution in [3.8, 4) is 22.6 Å². The molecule has 1 fully saturated rings. The Labute approximate surface area is 483 Å². The standard InChI is InChI=1S/C26H30BF3N2O5.C23H19F3N2O4S.C8H9BrO3S/c1-23(2,3)35-22(33)32-20-13-10-17(27-36-24(4,5)25(6,7)37-27)14-19(20)31-21(32)15-34-18-11-8-16(9-12-18)26(28,29)30;24-23(25,26)16-6-8-17(9-7-16)32-14-22-27-19-10-5-15(13-20(19)28-22)18-3-1-2-4-21(18)33(30,31)12-11-29;9-7-3-1-2-4-8(7)13(11,12)6-5-10/h8-14H,15H2,1-7H3;1-10,13,29H,11-12,14H2,(H,27,28);1-4,10H,5-6H2. The number of aliphatic hydroxyl groups is 2. The fourth-order valence-electron chi connectivity index (χ4n) is 8.09. The number of benzene rings is 6. The SMILES string of the molecule is CC(C)(C)OC(=O)n1c(COc2ccc(C(F)(F)F)cc2)nc2cc(B3OC(C)(C)C(C)(C)O3)ccc21.O=S(=O)(CCO)c1ccccc1-c1ccc2nc(COc3ccc(C(F)(F)F)cc3)[nH]c2c1.O=S(=O)(CCO)c1ccccc1Br. The summed E-state index contributed by atoms with van der Waals surface area (Å²) >= 11 is 3.14. The number of rotatable bonds is 14. The zero-order valence-corrected chi connectivity index (χ0v) is 49.0. The molecule has 0 amide bonds. The molecular formula is C57H58BBrF6N4O12S2. The van der Waals surface area contributed by atoms with Crippen LogP contribution in [0.5, 0.6) is 11.5 Å². The molecule has 1 aliphatic heterocycles. The van der Waals surface area contributed by atoms with Crippen LogP contribution in [0.3, 0.4) is 0 Å². The van der Waals surface area contributed by atoms with Crippen LogP contribution in [0.4, 0.5) is 31.1 Å². The van der Waals surface area contributed by atoms with Gasteiger partial charge in [-0.15, -0.1) is 0 Å². The summed E-state index contributed by atoms with van der Waals surface area (Å²) in [5, 5.41) is 17.7. The van der Waals surface area contributed by atoms with Crippen molar-refractivity contribution in [3.63, 3.8) is 0 Å². The van der Waals surface area contributed by atoms with Crippen molar-refractivity contribution in [1.82, 2.24) is 19.5 Å². The molecule has 0 radical (unpaired) electrons. The van der Waals surface area contributed by atoms with E-state index in [1.165, 1.54) is 41.0 Å². The molecule has 0 spiro atoms. The summed E-state index contributed by atoms with van der Waals surface area (Å²) in [6.07, 6.45) is -9.51. The molecule has 83 heavy (non-hydrogen) atoms. The van der Waals surface area contributed by atoms with E-state index in [-0.39, 0.29) is 58.4 Å². The maximum absolute atomic E-state index is 13.1. The fourth-order valence-corrected chi connectivity index (χ4v) is 11.5. The molecule has 9 rings (SSSR count). The van der Waals surface area contributed by atoms with Gasteiger partial charge in [0, 0.05) is 10.0 Å². The minimum Gasteiger partial charge on any atom is -0.486 e. The van der Waals surface area contributed by atoms with Gasteiger partial charge >= 0.3 is 25.6 Å². The molecule has 0 bridgehead atoms. The number of alkyl halides is 6. The Kier molecular flexibility index (Phi) is 19.4. The number of ether oxygens (including phenoxy) is 3. The van der Waals surface area contributed by atoms with Crippen molar-refractivity contribution >= 4 is 76.3 Å². The van der Waals surface area contributed by atoms with Gasteiger partial charge in [-0.2, -0.15) is 26.3 Å². The molecule has 6 aromatic carbocycles. The minimum atomic E-state index is -4.45.